The molecule has 34 heavy (non-hydrogen) atoms. The summed E-state index contributed by atoms with van der Waals surface area (Å²) in [5.41, 5.74) is 7.04. The first-order valence-corrected chi connectivity index (χ1v) is 12.0. The molecule has 1 nitrogen and oxygen atoms in total. The van der Waals surface area contributed by atoms with E-state index in [1.807, 2.05) is 24.3 Å². The fourth-order valence-corrected chi connectivity index (χ4v) is 4.18. The first-order chi connectivity index (χ1) is 16.6. The van der Waals surface area contributed by atoms with E-state index in [1.54, 1.807) is 13.0 Å². The van der Waals surface area contributed by atoms with E-state index in [-0.39, 0.29) is 17.9 Å². The minimum atomic E-state index is -0.948. The average molecular weight is 457 g/mol. The van der Waals surface area contributed by atoms with Crippen molar-refractivity contribution in [3.8, 4) is 28.0 Å². The maximum absolute atomic E-state index is 14.5. The predicted molar refractivity (Wildman–Crippen MR) is 136 cm³/mol. The van der Waals surface area contributed by atoms with Gasteiger partial charge >= 0.3 is 0 Å². The number of ether oxygens (including phenoxy) is 1. The number of hydrogen-bond acceptors (Lipinski definition) is 1. The highest BCUT2D eigenvalue weighted by Crippen LogP contribution is 2.31. The summed E-state index contributed by atoms with van der Waals surface area (Å²) in [6.45, 7) is 4.23. The quantitative estimate of drug-likeness (QED) is 0.245. The molecule has 174 valence electrons. The van der Waals surface area contributed by atoms with Gasteiger partial charge in [0, 0.05) is 5.56 Å². The Kier molecular flexibility index (Phi) is 7.74. The largest absolute Gasteiger partial charge is 0.491 e. The van der Waals surface area contributed by atoms with Gasteiger partial charge in [-0.25, -0.2) is 4.39 Å². The Bertz CT molecular complexity index is 1210. The topological polar surface area (TPSA) is 9.23 Å². The molecule has 0 amide bonds. The third-order valence-electron chi connectivity index (χ3n) is 6.09. The third-order valence-corrected chi connectivity index (χ3v) is 6.09. The zero-order valence-electron chi connectivity index (χ0n) is 19.8. The fraction of sp³-hybridized carbons (Fsp3) is 0.226. The minimum Gasteiger partial charge on any atom is -0.491 e. The Labute approximate surface area is 201 Å². The van der Waals surface area contributed by atoms with E-state index in [1.165, 1.54) is 29.2 Å². The van der Waals surface area contributed by atoms with E-state index in [0.717, 1.165) is 30.4 Å². The molecule has 0 aliphatic carbocycles. The van der Waals surface area contributed by atoms with Crippen molar-refractivity contribution in [3.05, 3.63) is 113 Å². The third kappa shape index (κ3) is 5.53. The van der Waals surface area contributed by atoms with Gasteiger partial charge < -0.3 is 4.74 Å². The van der Waals surface area contributed by atoms with Crippen LogP contribution in [-0.4, -0.2) is 6.61 Å². The molecule has 0 N–H and O–H groups in total. The molecule has 0 unspecified atom stereocenters. The SMILES string of the molecule is CCCc1ccc(CCc2ccc(-c3ccc(-c4ccc(OCC)c(F)c4F)cc3)cc2)cc1. The van der Waals surface area contributed by atoms with Gasteiger partial charge in [0.1, 0.15) is 0 Å². The van der Waals surface area contributed by atoms with E-state index in [9.17, 15) is 8.78 Å². The van der Waals surface area contributed by atoms with Crippen LogP contribution >= 0.6 is 0 Å². The summed E-state index contributed by atoms with van der Waals surface area (Å²) in [5, 5.41) is 0. The smallest absolute Gasteiger partial charge is 0.201 e. The van der Waals surface area contributed by atoms with Crippen LogP contribution in [0.4, 0.5) is 8.78 Å². The molecule has 0 atom stereocenters. The Morgan fingerprint density at radius 3 is 1.53 bits per heavy atom. The number of benzene rings is 4. The zero-order valence-corrected chi connectivity index (χ0v) is 19.8. The molecule has 0 aliphatic rings. The van der Waals surface area contributed by atoms with Crippen LogP contribution in [0.1, 0.15) is 37.0 Å². The maximum atomic E-state index is 14.5. The summed E-state index contributed by atoms with van der Waals surface area (Å²) in [6, 6.07) is 28.1. The van der Waals surface area contributed by atoms with Crippen molar-refractivity contribution < 1.29 is 13.5 Å². The molecule has 0 bridgehead atoms. The second kappa shape index (κ2) is 11.1. The van der Waals surface area contributed by atoms with Crippen LogP contribution < -0.4 is 4.74 Å². The van der Waals surface area contributed by atoms with Crippen molar-refractivity contribution >= 4 is 0 Å². The molecule has 0 aliphatic heterocycles. The van der Waals surface area contributed by atoms with Crippen molar-refractivity contribution in [2.75, 3.05) is 6.61 Å². The highest BCUT2D eigenvalue weighted by atomic mass is 19.2. The van der Waals surface area contributed by atoms with Crippen molar-refractivity contribution in [3.63, 3.8) is 0 Å². The molecule has 0 fully saturated rings. The zero-order chi connectivity index (χ0) is 23.9. The van der Waals surface area contributed by atoms with Crippen molar-refractivity contribution in [2.45, 2.75) is 39.5 Å². The monoisotopic (exact) mass is 456 g/mol. The van der Waals surface area contributed by atoms with Gasteiger partial charge in [-0.05, 0) is 71.7 Å². The van der Waals surface area contributed by atoms with Gasteiger partial charge in [0.05, 0.1) is 6.61 Å². The van der Waals surface area contributed by atoms with Gasteiger partial charge in [-0.3, -0.25) is 0 Å². The molecule has 3 heteroatoms. The van der Waals surface area contributed by atoms with Gasteiger partial charge in [-0.2, -0.15) is 4.39 Å². The van der Waals surface area contributed by atoms with Gasteiger partial charge in [-0.1, -0.05) is 86.1 Å². The molecule has 4 rings (SSSR count). The Hall–Kier alpha value is -3.46. The Morgan fingerprint density at radius 2 is 1.00 bits per heavy atom. The summed E-state index contributed by atoms with van der Waals surface area (Å²) < 4.78 is 33.9. The average Bonchev–Trinajstić information content (AvgIpc) is 2.87. The van der Waals surface area contributed by atoms with Crippen molar-refractivity contribution in [2.24, 2.45) is 0 Å². The molecule has 0 heterocycles. The summed E-state index contributed by atoms with van der Waals surface area (Å²) in [4.78, 5) is 0. The first-order valence-electron chi connectivity index (χ1n) is 12.0. The number of halogens is 2. The number of rotatable bonds is 9. The van der Waals surface area contributed by atoms with Crippen molar-refractivity contribution in [1.82, 2.24) is 0 Å². The second-order valence-electron chi connectivity index (χ2n) is 8.51. The molecular weight excluding hydrogens is 426 g/mol. The summed E-state index contributed by atoms with van der Waals surface area (Å²) in [6.07, 6.45) is 4.32. The van der Waals surface area contributed by atoms with E-state index >= 15 is 0 Å². The van der Waals surface area contributed by atoms with E-state index in [2.05, 4.69) is 55.5 Å². The minimum absolute atomic E-state index is 0.0611. The molecule has 0 saturated heterocycles. The van der Waals surface area contributed by atoms with E-state index in [4.69, 9.17) is 4.74 Å². The van der Waals surface area contributed by atoms with Crippen LogP contribution in [0.2, 0.25) is 0 Å². The van der Waals surface area contributed by atoms with Crippen molar-refractivity contribution in [1.29, 1.82) is 0 Å². The lowest BCUT2D eigenvalue weighted by Gasteiger charge is -2.10. The molecular formula is C31H30F2O. The second-order valence-corrected chi connectivity index (χ2v) is 8.51. The Balaban J connectivity index is 1.42. The predicted octanol–water partition coefficient (Wildman–Crippen LogP) is 8.44. The van der Waals surface area contributed by atoms with Gasteiger partial charge in [0.2, 0.25) is 5.82 Å². The molecule has 0 radical (unpaired) electrons. The summed E-state index contributed by atoms with van der Waals surface area (Å²) in [5.74, 6) is -1.90. The molecule has 0 saturated carbocycles. The number of aryl methyl sites for hydroxylation is 3. The van der Waals surface area contributed by atoms with Gasteiger partial charge in [0.25, 0.3) is 0 Å². The van der Waals surface area contributed by atoms with Crippen LogP contribution in [0.5, 0.6) is 5.75 Å². The summed E-state index contributed by atoms with van der Waals surface area (Å²) in [7, 11) is 0. The molecule has 4 aromatic rings. The fourth-order valence-electron chi connectivity index (χ4n) is 4.18. The highest BCUT2D eigenvalue weighted by Gasteiger charge is 2.15. The molecule has 0 spiro atoms. The summed E-state index contributed by atoms with van der Waals surface area (Å²) >= 11 is 0. The van der Waals surface area contributed by atoms with E-state index < -0.39 is 11.6 Å². The van der Waals surface area contributed by atoms with E-state index in [0.29, 0.717) is 5.56 Å². The van der Waals surface area contributed by atoms with Crippen LogP contribution in [0, 0.1) is 11.6 Å². The highest BCUT2D eigenvalue weighted by molar-refractivity contribution is 5.71. The lowest BCUT2D eigenvalue weighted by molar-refractivity contribution is 0.314. The van der Waals surface area contributed by atoms with Crippen LogP contribution in [0.15, 0.2) is 84.9 Å². The lowest BCUT2D eigenvalue weighted by Crippen LogP contribution is -1.98. The normalized spacial score (nSPS) is 10.9. The van der Waals surface area contributed by atoms with Crippen LogP contribution in [-0.2, 0) is 19.3 Å². The standard InChI is InChI=1S/C31H30F2O/c1-3-5-22-6-8-23(9-7-22)10-11-24-12-14-25(15-13-24)26-16-18-27(19-17-26)28-20-21-29(34-4-2)31(33)30(28)32/h6-9,12-21H,3-5,10-11H2,1-2H3. The van der Waals surface area contributed by atoms with Crippen LogP contribution in [0.3, 0.4) is 0 Å². The van der Waals surface area contributed by atoms with Crippen LogP contribution in [0.25, 0.3) is 22.3 Å². The molecule has 4 aromatic carbocycles. The van der Waals surface area contributed by atoms with Gasteiger partial charge in [0.15, 0.2) is 11.6 Å². The Morgan fingerprint density at radius 1 is 0.529 bits per heavy atom. The van der Waals surface area contributed by atoms with Gasteiger partial charge in [-0.15, -0.1) is 0 Å². The number of hydrogen-bond donors (Lipinski definition) is 0. The molecule has 0 aromatic heterocycles. The first kappa shape index (κ1) is 23.7. The maximum Gasteiger partial charge on any atom is 0.201 e. The lowest BCUT2D eigenvalue weighted by atomic mass is 9.97.